The molecule has 0 N–H and O–H groups in total. The van der Waals surface area contributed by atoms with E-state index in [-0.39, 0.29) is 22.4 Å². The maximum Gasteiger partial charge on any atom is 0.305 e. The van der Waals surface area contributed by atoms with Gasteiger partial charge in [-0.1, -0.05) is 30.3 Å². The molecule has 0 aromatic heterocycles. The molecule has 3 fully saturated rings. The van der Waals surface area contributed by atoms with Crippen LogP contribution in [0.2, 0.25) is 0 Å². The molecule has 2 aromatic rings. The van der Waals surface area contributed by atoms with Gasteiger partial charge in [0.05, 0.1) is 19.3 Å². The lowest BCUT2D eigenvalue weighted by molar-refractivity contribution is -0.140. The molecule has 0 amide bonds. The summed E-state index contributed by atoms with van der Waals surface area (Å²) in [5.74, 6) is 1.58. The SMILES string of the molecule is COC(=O)CCCC12COC3(c4cccc(Oc5ccccc5)c4)CCC13C2. The number of ether oxygens (including phenoxy) is 3. The summed E-state index contributed by atoms with van der Waals surface area (Å²) in [5.41, 5.74) is 1.56. The number of benzene rings is 2. The van der Waals surface area contributed by atoms with E-state index in [1.54, 1.807) is 0 Å². The van der Waals surface area contributed by atoms with Crippen LogP contribution >= 0.6 is 0 Å². The van der Waals surface area contributed by atoms with Gasteiger partial charge in [0.25, 0.3) is 0 Å². The molecule has 5 rings (SSSR count). The quantitative estimate of drug-likeness (QED) is 0.620. The van der Waals surface area contributed by atoms with Gasteiger partial charge in [0.15, 0.2) is 0 Å². The minimum atomic E-state index is -0.172. The maximum absolute atomic E-state index is 11.5. The molecule has 0 radical (unpaired) electrons. The van der Waals surface area contributed by atoms with Crippen molar-refractivity contribution in [2.45, 2.75) is 44.1 Å². The molecule has 2 saturated carbocycles. The standard InChI is InChI=1S/C24H26O4/c1-26-21(25)11-6-12-22-16-23(22)13-14-24(23,27-17-22)18-7-5-10-20(15-18)28-19-8-3-2-4-9-19/h2-5,7-10,15H,6,11-14,16-17H2,1H3. The largest absolute Gasteiger partial charge is 0.469 e. The summed E-state index contributed by atoms with van der Waals surface area (Å²) < 4.78 is 17.3. The predicted molar refractivity (Wildman–Crippen MR) is 105 cm³/mol. The van der Waals surface area contributed by atoms with Gasteiger partial charge in [-0.3, -0.25) is 4.79 Å². The molecule has 4 nitrogen and oxygen atoms in total. The molecule has 1 saturated heterocycles. The first-order valence-corrected chi connectivity index (χ1v) is 10.2. The Labute approximate surface area is 165 Å². The first-order chi connectivity index (χ1) is 13.6. The second-order valence-electron chi connectivity index (χ2n) is 8.53. The second kappa shape index (κ2) is 6.35. The molecular formula is C24H26O4. The highest BCUT2D eigenvalue weighted by molar-refractivity contribution is 5.69. The smallest absolute Gasteiger partial charge is 0.305 e. The van der Waals surface area contributed by atoms with Crippen LogP contribution in [0.25, 0.3) is 0 Å². The molecule has 146 valence electrons. The van der Waals surface area contributed by atoms with Crippen LogP contribution in [0.3, 0.4) is 0 Å². The first kappa shape index (κ1) is 17.7. The Balaban J connectivity index is 1.34. The fraction of sp³-hybridized carbons (Fsp3) is 0.458. The van der Waals surface area contributed by atoms with E-state index in [9.17, 15) is 4.79 Å². The van der Waals surface area contributed by atoms with Gasteiger partial charge in [0, 0.05) is 17.3 Å². The lowest BCUT2D eigenvalue weighted by atomic mass is 9.60. The average molecular weight is 378 g/mol. The van der Waals surface area contributed by atoms with Crippen LogP contribution in [-0.4, -0.2) is 19.7 Å². The van der Waals surface area contributed by atoms with Crippen molar-refractivity contribution < 1.29 is 19.0 Å². The normalized spacial score (nSPS) is 32.0. The fourth-order valence-corrected chi connectivity index (χ4v) is 5.79. The van der Waals surface area contributed by atoms with Crippen molar-refractivity contribution in [3.8, 4) is 11.5 Å². The lowest BCUT2D eigenvalue weighted by Crippen LogP contribution is -2.46. The van der Waals surface area contributed by atoms with Crippen LogP contribution in [0.5, 0.6) is 11.5 Å². The number of carbonyl (C=O) groups is 1. The molecule has 0 bridgehead atoms. The number of hydrogen-bond donors (Lipinski definition) is 0. The fourth-order valence-electron chi connectivity index (χ4n) is 5.79. The minimum Gasteiger partial charge on any atom is -0.469 e. The van der Waals surface area contributed by atoms with Crippen molar-refractivity contribution in [3.63, 3.8) is 0 Å². The molecule has 1 heterocycles. The van der Waals surface area contributed by atoms with E-state index >= 15 is 0 Å². The summed E-state index contributed by atoms with van der Waals surface area (Å²) in [6, 6.07) is 18.3. The third-order valence-electron chi connectivity index (χ3n) is 7.35. The minimum absolute atomic E-state index is 0.115. The molecule has 3 atom stereocenters. The summed E-state index contributed by atoms with van der Waals surface area (Å²) in [6.45, 7) is 0.804. The van der Waals surface area contributed by atoms with Gasteiger partial charge in [-0.15, -0.1) is 0 Å². The van der Waals surface area contributed by atoms with E-state index in [0.717, 1.165) is 37.4 Å². The number of methoxy groups -OCH3 is 1. The summed E-state index contributed by atoms with van der Waals surface area (Å²) in [7, 11) is 1.46. The average Bonchev–Trinajstić information content (AvgIpc) is 3.36. The van der Waals surface area contributed by atoms with Gasteiger partial charge in [-0.25, -0.2) is 0 Å². The number of rotatable bonds is 7. The summed E-state index contributed by atoms with van der Waals surface area (Å²) in [5, 5.41) is 0. The van der Waals surface area contributed by atoms with Crippen molar-refractivity contribution in [1.29, 1.82) is 0 Å². The number of para-hydroxylation sites is 1. The van der Waals surface area contributed by atoms with Crippen molar-refractivity contribution >= 4 is 5.97 Å². The summed E-state index contributed by atoms with van der Waals surface area (Å²) in [4.78, 5) is 11.5. The Morgan fingerprint density at radius 1 is 1.07 bits per heavy atom. The van der Waals surface area contributed by atoms with E-state index in [2.05, 4.69) is 18.2 Å². The van der Waals surface area contributed by atoms with Gasteiger partial charge in [-0.2, -0.15) is 0 Å². The summed E-state index contributed by atoms with van der Waals surface area (Å²) >= 11 is 0. The highest BCUT2D eigenvalue weighted by Crippen LogP contribution is 2.87. The third-order valence-corrected chi connectivity index (χ3v) is 7.35. The van der Waals surface area contributed by atoms with Crippen molar-refractivity contribution in [2.24, 2.45) is 10.8 Å². The number of hydrogen-bond acceptors (Lipinski definition) is 4. The lowest BCUT2D eigenvalue weighted by Gasteiger charge is -2.48. The molecule has 28 heavy (non-hydrogen) atoms. The van der Waals surface area contributed by atoms with Crippen molar-refractivity contribution in [1.82, 2.24) is 0 Å². The van der Waals surface area contributed by atoms with Crippen molar-refractivity contribution in [2.75, 3.05) is 13.7 Å². The second-order valence-corrected chi connectivity index (χ2v) is 8.53. The topological polar surface area (TPSA) is 44.8 Å². The molecule has 1 aliphatic heterocycles. The number of esters is 1. The Morgan fingerprint density at radius 2 is 1.89 bits per heavy atom. The van der Waals surface area contributed by atoms with Crippen molar-refractivity contribution in [3.05, 3.63) is 60.2 Å². The van der Waals surface area contributed by atoms with Gasteiger partial charge in [-0.05, 0) is 61.9 Å². The van der Waals surface area contributed by atoms with Crippen LogP contribution in [-0.2, 0) is 19.9 Å². The highest BCUT2D eigenvalue weighted by atomic mass is 16.5. The van der Waals surface area contributed by atoms with Gasteiger partial charge in [0.1, 0.15) is 11.5 Å². The summed E-state index contributed by atoms with van der Waals surface area (Å²) in [6.07, 6.45) is 5.93. The monoisotopic (exact) mass is 378 g/mol. The van der Waals surface area contributed by atoms with E-state index < -0.39 is 0 Å². The van der Waals surface area contributed by atoms with E-state index in [4.69, 9.17) is 14.2 Å². The Bertz CT molecular complexity index is 890. The molecule has 2 aliphatic carbocycles. The van der Waals surface area contributed by atoms with Gasteiger partial charge >= 0.3 is 5.97 Å². The van der Waals surface area contributed by atoms with Gasteiger partial charge < -0.3 is 14.2 Å². The Kier molecular flexibility index (Phi) is 4.02. The Morgan fingerprint density at radius 3 is 2.64 bits per heavy atom. The maximum atomic E-state index is 11.5. The molecule has 1 spiro atoms. The molecular weight excluding hydrogens is 352 g/mol. The molecule has 2 aromatic carbocycles. The first-order valence-electron chi connectivity index (χ1n) is 10.2. The van der Waals surface area contributed by atoms with Crippen LogP contribution in [0.1, 0.15) is 44.1 Å². The highest BCUT2D eigenvalue weighted by Gasteiger charge is 2.84. The Hall–Kier alpha value is -2.33. The number of carbonyl (C=O) groups excluding carboxylic acids is 1. The van der Waals surface area contributed by atoms with E-state index in [1.807, 2.05) is 36.4 Å². The predicted octanol–water partition coefficient (Wildman–Crippen LogP) is 5.22. The van der Waals surface area contributed by atoms with E-state index in [1.165, 1.54) is 25.5 Å². The zero-order valence-electron chi connectivity index (χ0n) is 16.3. The van der Waals surface area contributed by atoms with Gasteiger partial charge in [0.2, 0.25) is 0 Å². The molecule has 4 heteroatoms. The molecule has 3 unspecified atom stereocenters. The third kappa shape index (κ3) is 2.44. The zero-order valence-corrected chi connectivity index (χ0v) is 16.3. The van der Waals surface area contributed by atoms with Crippen LogP contribution < -0.4 is 4.74 Å². The molecule has 3 aliphatic rings. The zero-order chi connectivity index (χ0) is 19.2. The van der Waals surface area contributed by atoms with Crippen LogP contribution in [0.15, 0.2) is 54.6 Å². The van der Waals surface area contributed by atoms with Crippen LogP contribution in [0.4, 0.5) is 0 Å². The van der Waals surface area contributed by atoms with Crippen LogP contribution in [0, 0.1) is 10.8 Å². The van der Waals surface area contributed by atoms with E-state index in [0.29, 0.717) is 6.42 Å².